The molecule has 2 aromatic rings. The standard InChI is InChI=1S/C13H14FN3O2S/c1-8(2)12-15-16-13(20-7-11(18)19)17(12)10-5-3-9(14)4-6-10/h3-6,8H,7H2,1-2H3,(H,18,19). The third kappa shape index (κ3) is 3.16. The average Bonchev–Trinajstić information content (AvgIpc) is 2.81. The molecule has 0 bridgehead atoms. The lowest BCUT2D eigenvalue weighted by atomic mass is 10.2. The van der Waals surface area contributed by atoms with Crippen LogP contribution in [0.4, 0.5) is 4.39 Å². The minimum Gasteiger partial charge on any atom is -0.481 e. The highest BCUT2D eigenvalue weighted by atomic mass is 32.2. The highest BCUT2D eigenvalue weighted by Gasteiger charge is 2.17. The molecule has 0 aliphatic carbocycles. The predicted molar refractivity (Wildman–Crippen MR) is 73.8 cm³/mol. The van der Waals surface area contributed by atoms with Crippen LogP contribution in [-0.4, -0.2) is 31.6 Å². The van der Waals surface area contributed by atoms with Crippen molar-refractivity contribution in [1.82, 2.24) is 14.8 Å². The number of carboxylic acid groups (broad SMARTS) is 1. The lowest BCUT2D eigenvalue weighted by Crippen LogP contribution is -2.06. The number of aliphatic carboxylic acids is 1. The van der Waals surface area contributed by atoms with E-state index in [0.29, 0.717) is 16.7 Å². The quantitative estimate of drug-likeness (QED) is 0.859. The summed E-state index contributed by atoms with van der Waals surface area (Å²) in [6.45, 7) is 3.94. The van der Waals surface area contributed by atoms with E-state index in [-0.39, 0.29) is 17.5 Å². The first-order chi connectivity index (χ1) is 9.49. The molecule has 20 heavy (non-hydrogen) atoms. The highest BCUT2D eigenvalue weighted by molar-refractivity contribution is 7.99. The van der Waals surface area contributed by atoms with Crippen molar-refractivity contribution in [1.29, 1.82) is 0 Å². The Morgan fingerprint density at radius 3 is 2.55 bits per heavy atom. The molecule has 0 saturated carbocycles. The molecule has 2 rings (SSSR count). The van der Waals surface area contributed by atoms with Crippen molar-refractivity contribution < 1.29 is 14.3 Å². The van der Waals surface area contributed by atoms with Gasteiger partial charge in [0.05, 0.1) is 5.75 Å². The Bertz CT molecular complexity index is 611. The number of benzene rings is 1. The lowest BCUT2D eigenvalue weighted by Gasteiger charge is -2.11. The van der Waals surface area contributed by atoms with Crippen molar-refractivity contribution in [2.24, 2.45) is 0 Å². The first-order valence-corrected chi connectivity index (χ1v) is 7.03. The van der Waals surface area contributed by atoms with Gasteiger partial charge in [0.1, 0.15) is 11.6 Å². The minimum absolute atomic E-state index is 0.0998. The summed E-state index contributed by atoms with van der Waals surface area (Å²) in [5, 5.41) is 17.4. The van der Waals surface area contributed by atoms with Crippen LogP contribution in [-0.2, 0) is 4.79 Å². The number of thioether (sulfide) groups is 1. The van der Waals surface area contributed by atoms with Gasteiger partial charge in [-0.05, 0) is 24.3 Å². The summed E-state index contributed by atoms with van der Waals surface area (Å²) < 4.78 is 14.8. The van der Waals surface area contributed by atoms with Crippen LogP contribution in [0.25, 0.3) is 5.69 Å². The molecule has 0 saturated heterocycles. The van der Waals surface area contributed by atoms with Crippen LogP contribution in [0, 0.1) is 5.82 Å². The van der Waals surface area contributed by atoms with Crippen LogP contribution < -0.4 is 0 Å². The number of rotatable bonds is 5. The number of aromatic nitrogens is 3. The number of nitrogens with zero attached hydrogens (tertiary/aromatic N) is 3. The third-order valence-corrected chi connectivity index (χ3v) is 3.50. The maximum atomic E-state index is 13.0. The van der Waals surface area contributed by atoms with Gasteiger partial charge in [0.25, 0.3) is 0 Å². The molecule has 0 aliphatic rings. The number of hydrogen-bond acceptors (Lipinski definition) is 4. The Morgan fingerprint density at radius 1 is 1.35 bits per heavy atom. The molecule has 0 fully saturated rings. The predicted octanol–water partition coefficient (Wildman–Crippen LogP) is 2.71. The van der Waals surface area contributed by atoms with Crippen molar-refractivity contribution >= 4 is 17.7 Å². The summed E-state index contributed by atoms with van der Waals surface area (Å²) in [4.78, 5) is 10.7. The zero-order valence-electron chi connectivity index (χ0n) is 11.1. The zero-order chi connectivity index (χ0) is 14.7. The number of hydrogen-bond donors (Lipinski definition) is 1. The van der Waals surface area contributed by atoms with Gasteiger partial charge in [0.2, 0.25) is 0 Å². The molecule has 0 radical (unpaired) electrons. The van der Waals surface area contributed by atoms with E-state index < -0.39 is 5.97 Å². The van der Waals surface area contributed by atoms with Crippen LogP contribution in [0.15, 0.2) is 29.4 Å². The smallest absolute Gasteiger partial charge is 0.313 e. The van der Waals surface area contributed by atoms with Gasteiger partial charge >= 0.3 is 5.97 Å². The average molecular weight is 295 g/mol. The molecule has 0 atom stereocenters. The fourth-order valence-electron chi connectivity index (χ4n) is 1.71. The van der Waals surface area contributed by atoms with E-state index in [4.69, 9.17) is 5.11 Å². The van der Waals surface area contributed by atoms with Crippen LogP contribution >= 0.6 is 11.8 Å². The van der Waals surface area contributed by atoms with Crippen molar-refractivity contribution in [3.8, 4) is 5.69 Å². The zero-order valence-corrected chi connectivity index (χ0v) is 11.9. The topological polar surface area (TPSA) is 68.0 Å². The molecule has 7 heteroatoms. The number of halogens is 1. The molecule has 0 spiro atoms. The van der Waals surface area contributed by atoms with E-state index in [1.807, 2.05) is 13.8 Å². The minimum atomic E-state index is -0.922. The van der Waals surface area contributed by atoms with Crippen LogP contribution in [0.1, 0.15) is 25.6 Å². The largest absolute Gasteiger partial charge is 0.481 e. The summed E-state index contributed by atoms with van der Waals surface area (Å²) >= 11 is 1.09. The molecule has 0 aliphatic heterocycles. The van der Waals surface area contributed by atoms with Crippen LogP contribution in [0.2, 0.25) is 0 Å². The van der Waals surface area contributed by atoms with E-state index in [1.54, 1.807) is 16.7 Å². The van der Waals surface area contributed by atoms with Crippen molar-refractivity contribution in [2.75, 3.05) is 5.75 Å². The Balaban J connectivity index is 2.43. The summed E-state index contributed by atoms with van der Waals surface area (Å²) in [5.74, 6) is -0.518. The first kappa shape index (κ1) is 14.5. The first-order valence-electron chi connectivity index (χ1n) is 6.05. The maximum absolute atomic E-state index is 13.0. The van der Waals surface area contributed by atoms with Gasteiger partial charge in [-0.25, -0.2) is 4.39 Å². The molecule has 0 unspecified atom stereocenters. The van der Waals surface area contributed by atoms with E-state index in [9.17, 15) is 9.18 Å². The van der Waals surface area contributed by atoms with Crippen LogP contribution in [0.3, 0.4) is 0 Å². The molecule has 1 heterocycles. The molecular weight excluding hydrogens is 281 g/mol. The fraction of sp³-hybridized carbons (Fsp3) is 0.308. The van der Waals surface area contributed by atoms with Gasteiger partial charge in [-0.1, -0.05) is 25.6 Å². The number of carbonyl (C=O) groups is 1. The second-order valence-corrected chi connectivity index (χ2v) is 5.43. The Kier molecular flexibility index (Phi) is 4.39. The molecule has 106 valence electrons. The number of carboxylic acids is 1. The normalized spacial score (nSPS) is 11.0. The van der Waals surface area contributed by atoms with Crippen molar-refractivity contribution in [3.05, 3.63) is 35.9 Å². The van der Waals surface area contributed by atoms with Gasteiger partial charge < -0.3 is 5.11 Å². The maximum Gasteiger partial charge on any atom is 0.313 e. The van der Waals surface area contributed by atoms with Gasteiger partial charge in [-0.3, -0.25) is 9.36 Å². The monoisotopic (exact) mass is 295 g/mol. The molecule has 5 nitrogen and oxygen atoms in total. The van der Waals surface area contributed by atoms with Gasteiger partial charge in [0, 0.05) is 11.6 Å². The second kappa shape index (κ2) is 6.04. The summed E-state index contributed by atoms with van der Waals surface area (Å²) in [6, 6.07) is 5.95. The van der Waals surface area contributed by atoms with Gasteiger partial charge in [0.15, 0.2) is 5.16 Å². The summed E-state index contributed by atoms with van der Waals surface area (Å²) in [5.41, 5.74) is 0.716. The Morgan fingerprint density at radius 2 is 2.00 bits per heavy atom. The summed E-state index contributed by atoms with van der Waals surface area (Å²) in [7, 11) is 0. The highest BCUT2D eigenvalue weighted by Crippen LogP contribution is 2.25. The van der Waals surface area contributed by atoms with E-state index in [0.717, 1.165) is 11.8 Å². The van der Waals surface area contributed by atoms with E-state index >= 15 is 0 Å². The third-order valence-electron chi connectivity index (χ3n) is 2.58. The van der Waals surface area contributed by atoms with Crippen LogP contribution in [0.5, 0.6) is 0 Å². The van der Waals surface area contributed by atoms with Gasteiger partial charge in [-0.15, -0.1) is 10.2 Å². The SMILES string of the molecule is CC(C)c1nnc(SCC(=O)O)n1-c1ccc(F)cc1. The van der Waals surface area contributed by atoms with E-state index in [2.05, 4.69) is 10.2 Å². The van der Waals surface area contributed by atoms with E-state index in [1.165, 1.54) is 12.1 Å². The summed E-state index contributed by atoms with van der Waals surface area (Å²) in [6.07, 6.45) is 0. The van der Waals surface area contributed by atoms with Crippen molar-refractivity contribution in [3.63, 3.8) is 0 Å². The molecule has 1 N–H and O–H groups in total. The second-order valence-electron chi connectivity index (χ2n) is 4.49. The van der Waals surface area contributed by atoms with Gasteiger partial charge in [-0.2, -0.15) is 0 Å². The fourth-order valence-corrected chi connectivity index (χ4v) is 2.39. The van der Waals surface area contributed by atoms with Crippen molar-refractivity contribution in [2.45, 2.75) is 24.9 Å². The Hall–Kier alpha value is -1.89. The molecule has 1 aromatic heterocycles. The lowest BCUT2D eigenvalue weighted by molar-refractivity contribution is -0.133. The molecule has 1 aromatic carbocycles. The molecule has 0 amide bonds. The Labute approximate surface area is 119 Å². The molecular formula is C13H14FN3O2S.